The molecule has 7 heteroatoms. The summed E-state index contributed by atoms with van der Waals surface area (Å²) >= 11 is 3.12. The maximum Gasteiger partial charge on any atom is 0.246 e. The van der Waals surface area contributed by atoms with Crippen LogP contribution in [0.25, 0.3) is 0 Å². The number of piperazine rings is 1. The third-order valence-electron chi connectivity index (χ3n) is 3.43. The Morgan fingerprint density at radius 1 is 1.37 bits per heavy atom. The number of hydrogen-bond donors (Lipinski definition) is 0. The monoisotopic (exact) mass is 350 g/mol. The van der Waals surface area contributed by atoms with Gasteiger partial charge in [0, 0.05) is 30.1 Å². The van der Waals surface area contributed by atoms with Crippen molar-refractivity contribution in [2.75, 3.05) is 26.7 Å². The Bertz CT molecular complexity index is 579. The number of rotatable bonds is 2. The minimum absolute atomic E-state index is 0.127. The normalized spacial score (nSPS) is 22.6. The molecular formula is C12H16BrFN2O2S. The van der Waals surface area contributed by atoms with Crippen LogP contribution in [0.15, 0.2) is 27.6 Å². The quantitative estimate of drug-likeness (QED) is 0.817. The first-order valence-corrected chi connectivity index (χ1v) is 8.21. The first-order chi connectivity index (χ1) is 8.82. The molecule has 1 aliphatic rings. The molecule has 1 atom stereocenters. The maximum atomic E-state index is 13.8. The number of sulfonamides is 1. The van der Waals surface area contributed by atoms with Gasteiger partial charge >= 0.3 is 0 Å². The van der Waals surface area contributed by atoms with E-state index in [1.54, 1.807) is 0 Å². The van der Waals surface area contributed by atoms with Crippen LogP contribution in [0.3, 0.4) is 0 Å². The Kier molecular flexibility index (Phi) is 4.29. The molecule has 1 saturated heterocycles. The van der Waals surface area contributed by atoms with Crippen LogP contribution in [0, 0.1) is 5.82 Å². The van der Waals surface area contributed by atoms with Crippen LogP contribution >= 0.6 is 15.9 Å². The molecule has 1 heterocycles. The molecule has 1 fully saturated rings. The standard InChI is InChI=1S/C12H16BrFN2O2S/c1-9-8-16(6-5-15(9)2)19(17,18)12-4-3-10(13)7-11(12)14/h3-4,7,9H,5-6,8H2,1-2H3. The van der Waals surface area contributed by atoms with Crippen LogP contribution in [0.4, 0.5) is 4.39 Å². The van der Waals surface area contributed by atoms with Crippen LogP contribution in [0.1, 0.15) is 6.92 Å². The minimum atomic E-state index is -3.75. The molecule has 0 bridgehead atoms. The average Bonchev–Trinajstić information content (AvgIpc) is 2.32. The Hall–Kier alpha value is -0.500. The molecule has 0 spiro atoms. The summed E-state index contributed by atoms with van der Waals surface area (Å²) in [5.74, 6) is -0.721. The van der Waals surface area contributed by atoms with Crippen LogP contribution in [0.5, 0.6) is 0 Å². The van der Waals surface area contributed by atoms with Crippen molar-refractivity contribution >= 4 is 26.0 Å². The van der Waals surface area contributed by atoms with Crippen molar-refractivity contribution in [1.29, 1.82) is 0 Å². The molecule has 1 unspecified atom stereocenters. The lowest BCUT2D eigenvalue weighted by atomic mass is 10.2. The molecule has 0 aromatic heterocycles. The van der Waals surface area contributed by atoms with Crippen molar-refractivity contribution in [1.82, 2.24) is 9.21 Å². The van der Waals surface area contributed by atoms with Gasteiger partial charge in [-0.3, -0.25) is 0 Å². The third kappa shape index (κ3) is 2.99. The molecule has 1 aliphatic heterocycles. The van der Waals surface area contributed by atoms with Crippen molar-refractivity contribution in [2.45, 2.75) is 17.9 Å². The number of halogens is 2. The van der Waals surface area contributed by atoms with Crippen molar-refractivity contribution < 1.29 is 12.8 Å². The van der Waals surface area contributed by atoms with E-state index in [0.29, 0.717) is 24.1 Å². The molecule has 2 rings (SSSR count). The summed E-state index contributed by atoms with van der Waals surface area (Å²) < 4.78 is 40.6. The van der Waals surface area contributed by atoms with Gasteiger partial charge in [0.15, 0.2) is 0 Å². The zero-order valence-electron chi connectivity index (χ0n) is 10.8. The highest BCUT2D eigenvalue weighted by molar-refractivity contribution is 9.10. The molecule has 0 aliphatic carbocycles. The topological polar surface area (TPSA) is 40.6 Å². The van der Waals surface area contributed by atoms with Gasteiger partial charge in [0.25, 0.3) is 0 Å². The Morgan fingerprint density at radius 2 is 2.05 bits per heavy atom. The highest BCUT2D eigenvalue weighted by Crippen LogP contribution is 2.24. The van der Waals surface area contributed by atoms with E-state index in [1.807, 2.05) is 14.0 Å². The van der Waals surface area contributed by atoms with Crippen molar-refractivity contribution in [2.24, 2.45) is 0 Å². The molecule has 106 valence electrons. The van der Waals surface area contributed by atoms with Gasteiger partial charge < -0.3 is 4.90 Å². The highest BCUT2D eigenvalue weighted by atomic mass is 79.9. The summed E-state index contributed by atoms with van der Waals surface area (Å²) in [6.45, 7) is 3.38. The van der Waals surface area contributed by atoms with Gasteiger partial charge in [0.2, 0.25) is 10.0 Å². The minimum Gasteiger partial charge on any atom is -0.301 e. The number of hydrogen-bond acceptors (Lipinski definition) is 3. The summed E-state index contributed by atoms with van der Waals surface area (Å²) in [6.07, 6.45) is 0. The van der Waals surface area contributed by atoms with Gasteiger partial charge in [-0.2, -0.15) is 4.31 Å². The summed E-state index contributed by atoms with van der Waals surface area (Å²) in [7, 11) is -1.80. The molecule has 0 amide bonds. The van der Waals surface area contributed by atoms with Gasteiger partial charge in [-0.15, -0.1) is 0 Å². The molecular weight excluding hydrogens is 335 g/mol. The van der Waals surface area contributed by atoms with Crippen LogP contribution in [-0.2, 0) is 10.0 Å². The second-order valence-corrected chi connectivity index (χ2v) is 7.59. The van der Waals surface area contributed by atoms with Crippen molar-refractivity contribution in [3.8, 4) is 0 Å². The molecule has 0 radical (unpaired) electrons. The fraction of sp³-hybridized carbons (Fsp3) is 0.500. The van der Waals surface area contributed by atoms with Gasteiger partial charge in [-0.1, -0.05) is 15.9 Å². The SMILES string of the molecule is CC1CN(S(=O)(=O)c2ccc(Br)cc2F)CCN1C. The van der Waals surface area contributed by atoms with Gasteiger partial charge in [0.05, 0.1) is 0 Å². The predicted octanol–water partition coefficient (Wildman–Crippen LogP) is 1.91. The smallest absolute Gasteiger partial charge is 0.246 e. The predicted molar refractivity (Wildman–Crippen MR) is 75.0 cm³/mol. The van der Waals surface area contributed by atoms with E-state index in [0.717, 1.165) is 0 Å². The summed E-state index contributed by atoms with van der Waals surface area (Å²) in [5.41, 5.74) is 0. The lowest BCUT2D eigenvalue weighted by molar-refractivity contribution is 0.159. The van der Waals surface area contributed by atoms with Gasteiger partial charge in [-0.25, -0.2) is 12.8 Å². The third-order valence-corrected chi connectivity index (χ3v) is 5.83. The summed E-state index contributed by atoms with van der Waals surface area (Å²) in [6, 6.07) is 4.14. The summed E-state index contributed by atoms with van der Waals surface area (Å²) in [4.78, 5) is 1.83. The van der Waals surface area contributed by atoms with E-state index in [1.165, 1.54) is 22.5 Å². The number of nitrogens with zero attached hydrogens (tertiary/aromatic N) is 2. The van der Waals surface area contributed by atoms with E-state index in [2.05, 4.69) is 20.8 Å². The zero-order chi connectivity index (χ0) is 14.2. The van der Waals surface area contributed by atoms with E-state index >= 15 is 0 Å². The van der Waals surface area contributed by atoms with Crippen LogP contribution in [-0.4, -0.2) is 50.3 Å². The van der Waals surface area contributed by atoms with Crippen LogP contribution < -0.4 is 0 Å². The fourth-order valence-electron chi connectivity index (χ4n) is 2.06. The number of likely N-dealkylation sites (N-methyl/N-ethyl adjacent to an activating group) is 1. The maximum absolute atomic E-state index is 13.8. The Balaban J connectivity index is 2.32. The van der Waals surface area contributed by atoms with Crippen molar-refractivity contribution in [3.05, 3.63) is 28.5 Å². The lowest BCUT2D eigenvalue weighted by Gasteiger charge is -2.36. The van der Waals surface area contributed by atoms with E-state index in [4.69, 9.17) is 0 Å². The molecule has 1 aromatic rings. The Labute approximate surface area is 121 Å². The largest absolute Gasteiger partial charge is 0.301 e. The zero-order valence-corrected chi connectivity index (χ0v) is 13.2. The number of benzene rings is 1. The van der Waals surface area contributed by atoms with E-state index in [9.17, 15) is 12.8 Å². The Morgan fingerprint density at radius 3 is 2.63 bits per heavy atom. The van der Waals surface area contributed by atoms with Gasteiger partial charge in [-0.05, 0) is 32.2 Å². The summed E-state index contributed by atoms with van der Waals surface area (Å²) in [5, 5.41) is 0. The lowest BCUT2D eigenvalue weighted by Crippen LogP contribution is -2.51. The molecule has 0 saturated carbocycles. The van der Waals surface area contributed by atoms with Crippen molar-refractivity contribution in [3.63, 3.8) is 0 Å². The molecule has 0 N–H and O–H groups in total. The molecule has 1 aromatic carbocycles. The molecule has 4 nitrogen and oxygen atoms in total. The highest BCUT2D eigenvalue weighted by Gasteiger charge is 2.32. The first-order valence-electron chi connectivity index (χ1n) is 5.98. The average molecular weight is 351 g/mol. The fourth-order valence-corrected chi connectivity index (χ4v) is 3.95. The van der Waals surface area contributed by atoms with Gasteiger partial charge in [0.1, 0.15) is 10.7 Å². The first kappa shape index (κ1) is 14.9. The van der Waals surface area contributed by atoms with Crippen LogP contribution in [0.2, 0.25) is 0 Å². The van der Waals surface area contributed by atoms with E-state index < -0.39 is 15.8 Å². The molecule has 19 heavy (non-hydrogen) atoms. The van der Waals surface area contributed by atoms with E-state index in [-0.39, 0.29) is 10.9 Å². The second kappa shape index (κ2) is 5.47. The second-order valence-electron chi connectivity index (χ2n) is 4.77.